The third-order valence-electron chi connectivity index (χ3n) is 3.31. The number of nitro benzene ring substituents is 1. The van der Waals surface area contributed by atoms with E-state index in [0.717, 1.165) is 11.6 Å². The Morgan fingerprint density at radius 3 is 2.38 bits per heavy atom. The SMILES string of the molecule is CC(C)C(Nc1ccc(O)cc1[N+](=O)[O-])c1ccccc1. The zero-order valence-corrected chi connectivity index (χ0v) is 12.0. The van der Waals surface area contributed by atoms with E-state index in [1.807, 2.05) is 30.3 Å². The highest BCUT2D eigenvalue weighted by molar-refractivity contribution is 5.64. The van der Waals surface area contributed by atoms with Gasteiger partial charge in [-0.1, -0.05) is 44.2 Å². The third kappa shape index (κ3) is 3.51. The molecule has 2 rings (SSSR count). The minimum atomic E-state index is -0.496. The summed E-state index contributed by atoms with van der Waals surface area (Å²) in [5.74, 6) is 0.133. The summed E-state index contributed by atoms with van der Waals surface area (Å²) in [7, 11) is 0. The monoisotopic (exact) mass is 286 g/mol. The molecule has 0 bridgehead atoms. The highest BCUT2D eigenvalue weighted by Gasteiger charge is 2.21. The van der Waals surface area contributed by atoms with E-state index >= 15 is 0 Å². The molecule has 0 amide bonds. The number of anilines is 1. The maximum Gasteiger partial charge on any atom is 0.296 e. The predicted octanol–water partition coefficient (Wildman–Crippen LogP) is 4.11. The molecule has 2 aromatic rings. The van der Waals surface area contributed by atoms with Crippen LogP contribution in [0.5, 0.6) is 5.75 Å². The lowest BCUT2D eigenvalue weighted by molar-refractivity contribution is -0.384. The van der Waals surface area contributed by atoms with Crippen LogP contribution in [0, 0.1) is 16.0 Å². The van der Waals surface area contributed by atoms with Crippen LogP contribution in [0.4, 0.5) is 11.4 Å². The summed E-state index contributed by atoms with van der Waals surface area (Å²) in [6, 6.07) is 13.9. The van der Waals surface area contributed by atoms with E-state index < -0.39 is 4.92 Å². The van der Waals surface area contributed by atoms with Crippen LogP contribution in [0.2, 0.25) is 0 Å². The third-order valence-corrected chi connectivity index (χ3v) is 3.31. The zero-order chi connectivity index (χ0) is 15.4. The number of benzene rings is 2. The number of hydrogen-bond donors (Lipinski definition) is 2. The van der Waals surface area contributed by atoms with Crippen LogP contribution >= 0.6 is 0 Å². The molecule has 2 aromatic carbocycles. The first kappa shape index (κ1) is 14.8. The van der Waals surface area contributed by atoms with E-state index in [9.17, 15) is 15.2 Å². The summed E-state index contributed by atoms with van der Waals surface area (Å²) < 4.78 is 0. The van der Waals surface area contributed by atoms with Gasteiger partial charge in [0.05, 0.1) is 17.0 Å². The van der Waals surface area contributed by atoms with Crippen molar-refractivity contribution in [2.24, 2.45) is 5.92 Å². The second-order valence-corrected chi connectivity index (χ2v) is 5.24. The summed E-state index contributed by atoms with van der Waals surface area (Å²) >= 11 is 0. The van der Waals surface area contributed by atoms with Crippen molar-refractivity contribution in [2.75, 3.05) is 5.32 Å². The maximum atomic E-state index is 11.1. The molecule has 5 nitrogen and oxygen atoms in total. The Kier molecular flexibility index (Phi) is 4.42. The smallest absolute Gasteiger partial charge is 0.296 e. The molecule has 0 fully saturated rings. The lowest BCUT2D eigenvalue weighted by Crippen LogP contribution is -2.17. The maximum absolute atomic E-state index is 11.1. The number of nitrogens with one attached hydrogen (secondary N) is 1. The largest absolute Gasteiger partial charge is 0.508 e. The van der Waals surface area contributed by atoms with Crippen molar-refractivity contribution < 1.29 is 10.0 Å². The summed E-state index contributed by atoms with van der Waals surface area (Å²) in [5, 5.41) is 23.7. The lowest BCUT2D eigenvalue weighted by atomic mass is 9.95. The molecule has 110 valence electrons. The van der Waals surface area contributed by atoms with Crippen LogP contribution in [0.1, 0.15) is 25.5 Å². The molecular formula is C16H18N2O3. The van der Waals surface area contributed by atoms with Gasteiger partial charge < -0.3 is 10.4 Å². The van der Waals surface area contributed by atoms with Gasteiger partial charge in [0.1, 0.15) is 11.4 Å². The zero-order valence-electron chi connectivity index (χ0n) is 12.0. The first-order valence-electron chi connectivity index (χ1n) is 6.78. The molecule has 1 unspecified atom stereocenters. The fraction of sp³-hybridized carbons (Fsp3) is 0.250. The second kappa shape index (κ2) is 6.26. The molecule has 0 heterocycles. The van der Waals surface area contributed by atoms with E-state index in [4.69, 9.17) is 0 Å². The van der Waals surface area contributed by atoms with Crippen molar-refractivity contribution in [3.05, 3.63) is 64.2 Å². The van der Waals surface area contributed by atoms with Gasteiger partial charge in [0.2, 0.25) is 0 Å². The van der Waals surface area contributed by atoms with Gasteiger partial charge in [0.15, 0.2) is 0 Å². The van der Waals surface area contributed by atoms with Gasteiger partial charge in [-0.2, -0.15) is 0 Å². The summed E-state index contributed by atoms with van der Waals surface area (Å²) in [4.78, 5) is 10.6. The normalized spacial score (nSPS) is 12.1. The van der Waals surface area contributed by atoms with E-state index in [-0.39, 0.29) is 23.4 Å². The highest BCUT2D eigenvalue weighted by Crippen LogP contribution is 2.33. The van der Waals surface area contributed by atoms with Gasteiger partial charge in [0.25, 0.3) is 5.69 Å². The minimum Gasteiger partial charge on any atom is -0.508 e. The first-order valence-corrected chi connectivity index (χ1v) is 6.78. The van der Waals surface area contributed by atoms with Crippen LogP contribution in [0.15, 0.2) is 48.5 Å². The van der Waals surface area contributed by atoms with Crippen molar-refractivity contribution in [3.63, 3.8) is 0 Å². The molecule has 0 spiro atoms. The van der Waals surface area contributed by atoms with Crippen molar-refractivity contribution >= 4 is 11.4 Å². The van der Waals surface area contributed by atoms with Crippen molar-refractivity contribution in [2.45, 2.75) is 19.9 Å². The van der Waals surface area contributed by atoms with Gasteiger partial charge in [0, 0.05) is 0 Å². The standard InChI is InChI=1S/C16H18N2O3/c1-11(2)16(12-6-4-3-5-7-12)17-14-9-8-13(19)10-15(14)18(20)21/h3-11,16-17,19H,1-2H3. The van der Waals surface area contributed by atoms with Gasteiger partial charge >= 0.3 is 0 Å². The molecule has 0 radical (unpaired) electrons. The van der Waals surface area contributed by atoms with Gasteiger partial charge in [-0.05, 0) is 23.6 Å². The van der Waals surface area contributed by atoms with Crippen LogP contribution in [0.3, 0.4) is 0 Å². The minimum absolute atomic E-state index is 0.0468. The fourth-order valence-electron chi connectivity index (χ4n) is 2.26. The topological polar surface area (TPSA) is 75.4 Å². The van der Waals surface area contributed by atoms with Crippen molar-refractivity contribution in [3.8, 4) is 5.75 Å². The van der Waals surface area contributed by atoms with Crippen molar-refractivity contribution in [1.29, 1.82) is 0 Å². The molecule has 0 saturated carbocycles. The first-order chi connectivity index (χ1) is 9.99. The number of nitrogens with zero attached hydrogens (tertiary/aromatic N) is 1. The van der Waals surface area contributed by atoms with Crippen LogP contribution in [0.25, 0.3) is 0 Å². The second-order valence-electron chi connectivity index (χ2n) is 5.24. The molecule has 0 aromatic heterocycles. The Morgan fingerprint density at radius 1 is 1.14 bits per heavy atom. The molecule has 0 aliphatic carbocycles. The van der Waals surface area contributed by atoms with E-state index in [2.05, 4.69) is 19.2 Å². The lowest BCUT2D eigenvalue weighted by Gasteiger charge is -2.24. The Labute approximate surface area is 123 Å². The van der Waals surface area contributed by atoms with Crippen LogP contribution < -0.4 is 5.32 Å². The quantitative estimate of drug-likeness (QED) is 0.492. The van der Waals surface area contributed by atoms with Crippen LogP contribution in [-0.4, -0.2) is 10.0 Å². The molecule has 2 N–H and O–H groups in total. The molecular weight excluding hydrogens is 268 g/mol. The molecule has 0 aliphatic rings. The van der Waals surface area contributed by atoms with E-state index in [1.54, 1.807) is 0 Å². The predicted molar refractivity (Wildman–Crippen MR) is 82.4 cm³/mol. The van der Waals surface area contributed by atoms with Gasteiger partial charge in [-0.15, -0.1) is 0 Å². The molecule has 1 atom stereocenters. The summed E-state index contributed by atoms with van der Waals surface area (Å²) in [6.45, 7) is 4.10. The number of hydrogen-bond acceptors (Lipinski definition) is 4. The van der Waals surface area contributed by atoms with Crippen molar-refractivity contribution in [1.82, 2.24) is 0 Å². The average molecular weight is 286 g/mol. The molecule has 0 saturated heterocycles. The Balaban J connectivity index is 2.36. The summed E-state index contributed by atoms with van der Waals surface area (Å²) in [6.07, 6.45) is 0. The molecule has 21 heavy (non-hydrogen) atoms. The summed E-state index contributed by atoms with van der Waals surface area (Å²) in [5.41, 5.74) is 1.34. The fourth-order valence-corrected chi connectivity index (χ4v) is 2.26. The molecule has 5 heteroatoms. The Hall–Kier alpha value is -2.56. The average Bonchev–Trinajstić information content (AvgIpc) is 2.46. The van der Waals surface area contributed by atoms with E-state index in [0.29, 0.717) is 5.69 Å². The number of rotatable bonds is 5. The Morgan fingerprint density at radius 2 is 1.81 bits per heavy atom. The number of aromatic hydroxyl groups is 1. The Bertz CT molecular complexity index is 627. The number of nitro groups is 1. The highest BCUT2D eigenvalue weighted by atomic mass is 16.6. The van der Waals surface area contributed by atoms with Gasteiger partial charge in [-0.25, -0.2) is 0 Å². The molecule has 0 aliphatic heterocycles. The number of phenols is 1. The van der Waals surface area contributed by atoms with Crippen LogP contribution in [-0.2, 0) is 0 Å². The van der Waals surface area contributed by atoms with E-state index in [1.165, 1.54) is 12.1 Å². The van der Waals surface area contributed by atoms with Gasteiger partial charge in [-0.3, -0.25) is 10.1 Å². The number of phenolic OH excluding ortho intramolecular Hbond substituents is 1.